The lowest BCUT2D eigenvalue weighted by Gasteiger charge is -2.35. The van der Waals surface area contributed by atoms with Crippen LogP contribution in [0.2, 0.25) is 5.02 Å². The van der Waals surface area contributed by atoms with E-state index < -0.39 is 108 Å². The number of esters is 1. The summed E-state index contributed by atoms with van der Waals surface area (Å²) in [4.78, 5) is 16.1. The highest BCUT2D eigenvalue weighted by molar-refractivity contribution is 6.33. The second-order valence-electron chi connectivity index (χ2n) is 15.1. The molecule has 15 nitrogen and oxygen atoms in total. The number of hydrogen-bond acceptors (Lipinski definition) is 13. The molecule has 3 aromatic rings. The summed E-state index contributed by atoms with van der Waals surface area (Å²) in [6, 6.07) is 9.71. The third-order valence-corrected chi connectivity index (χ3v) is 11.2. The molecule has 0 aromatic heterocycles. The first kappa shape index (κ1) is 47.3. The van der Waals surface area contributed by atoms with Crippen molar-refractivity contribution in [1.82, 2.24) is 0 Å². The normalized spacial score (nSPS) is 26.4. The van der Waals surface area contributed by atoms with Crippen LogP contribution >= 0.6 is 11.6 Å². The fourth-order valence-corrected chi connectivity index (χ4v) is 8.19. The van der Waals surface area contributed by atoms with Gasteiger partial charge in [-0.2, -0.15) is 8.78 Å². The largest absolute Gasteiger partial charge is 0.497 e. The third-order valence-electron chi connectivity index (χ3n) is 10.8. The molecule has 65 heavy (non-hydrogen) atoms. The van der Waals surface area contributed by atoms with Gasteiger partial charge in [-0.1, -0.05) is 64.7 Å². The summed E-state index contributed by atoms with van der Waals surface area (Å²) >= 11 is 7.09. The van der Waals surface area contributed by atoms with E-state index in [4.69, 9.17) is 59.0 Å². The van der Waals surface area contributed by atoms with Crippen molar-refractivity contribution in [1.29, 1.82) is 0 Å². The minimum atomic E-state index is -2.44. The molecule has 0 amide bonds. The van der Waals surface area contributed by atoms with Gasteiger partial charge in [0.05, 0.1) is 38.3 Å². The van der Waals surface area contributed by atoms with E-state index >= 15 is 0 Å². The van der Waals surface area contributed by atoms with Crippen molar-refractivity contribution in [2.75, 3.05) is 41.8 Å². The number of ether oxygens (including phenoxy) is 11. The molecular formula is C44H39ClF5N3O12. The molecule has 0 radical (unpaired) electrons. The van der Waals surface area contributed by atoms with Gasteiger partial charge in [0.15, 0.2) is 47.0 Å². The van der Waals surface area contributed by atoms with Crippen LogP contribution in [-0.4, -0.2) is 89.2 Å². The van der Waals surface area contributed by atoms with Gasteiger partial charge in [-0.05, 0) is 44.0 Å². The smallest absolute Gasteiger partial charge is 0.314 e. The number of carbonyl (C=O) groups excluding carboxylic acids is 1. The molecule has 2 heterocycles. The topological polar surface area (TPSA) is 167 Å². The van der Waals surface area contributed by atoms with Crippen LogP contribution in [0.4, 0.5) is 22.0 Å². The Morgan fingerprint density at radius 2 is 1.63 bits per heavy atom. The Kier molecular flexibility index (Phi) is 13.9. The highest BCUT2D eigenvalue weighted by Gasteiger charge is 2.64. The van der Waals surface area contributed by atoms with Crippen LogP contribution in [0.15, 0.2) is 53.2 Å². The molecule has 2 fully saturated rings. The molecule has 4 aliphatic rings. The van der Waals surface area contributed by atoms with Crippen molar-refractivity contribution >= 4 is 17.6 Å². The van der Waals surface area contributed by atoms with E-state index in [1.165, 1.54) is 40.6 Å². The fourth-order valence-electron chi connectivity index (χ4n) is 7.87. The zero-order valence-electron chi connectivity index (χ0n) is 35.3. The van der Waals surface area contributed by atoms with Crippen molar-refractivity contribution in [3.8, 4) is 46.7 Å². The maximum Gasteiger partial charge on any atom is 0.314 e. The highest BCUT2D eigenvalue weighted by Crippen LogP contribution is 2.52. The van der Waals surface area contributed by atoms with Gasteiger partial charge < -0.3 is 52.1 Å². The van der Waals surface area contributed by atoms with Crippen molar-refractivity contribution in [2.24, 2.45) is 5.11 Å². The lowest BCUT2D eigenvalue weighted by Crippen LogP contribution is -2.52. The van der Waals surface area contributed by atoms with Crippen molar-refractivity contribution < 1.29 is 78.9 Å². The minimum absolute atomic E-state index is 0.000501. The molecule has 2 aliphatic carbocycles. The van der Waals surface area contributed by atoms with Crippen molar-refractivity contribution in [2.45, 2.75) is 80.5 Å². The molecule has 344 valence electrons. The third kappa shape index (κ3) is 8.77. The van der Waals surface area contributed by atoms with Gasteiger partial charge in [-0.3, -0.25) is 4.79 Å². The Labute approximate surface area is 373 Å². The summed E-state index contributed by atoms with van der Waals surface area (Å²) in [6.07, 6.45) is -5.65. The summed E-state index contributed by atoms with van der Waals surface area (Å²) in [5.41, 5.74) is 7.04. The van der Waals surface area contributed by atoms with E-state index in [1.807, 2.05) is 0 Å². The summed E-state index contributed by atoms with van der Waals surface area (Å²) in [5.74, 6) is -3.16. The molecule has 2 saturated heterocycles. The van der Waals surface area contributed by atoms with Gasteiger partial charge in [0.1, 0.15) is 24.8 Å². The van der Waals surface area contributed by atoms with E-state index in [9.17, 15) is 32.3 Å². The molecule has 0 saturated carbocycles. The summed E-state index contributed by atoms with van der Waals surface area (Å²) in [7, 11) is 5.49. The highest BCUT2D eigenvalue weighted by atomic mass is 35.5. The summed E-state index contributed by atoms with van der Waals surface area (Å²) < 4.78 is 136. The molecule has 7 rings (SSSR count). The Morgan fingerprint density at radius 3 is 2.28 bits per heavy atom. The van der Waals surface area contributed by atoms with E-state index in [1.54, 1.807) is 44.2 Å². The number of methoxy groups -OCH3 is 4. The predicted octanol–water partition coefficient (Wildman–Crippen LogP) is 7.88. The Balaban J connectivity index is 1.31. The fraction of sp³-hybridized carbons (Fsp3) is 0.432. The van der Waals surface area contributed by atoms with Crippen LogP contribution in [0.3, 0.4) is 0 Å². The quantitative estimate of drug-likeness (QED) is 0.0138. The minimum Gasteiger partial charge on any atom is -0.497 e. The first-order chi connectivity index (χ1) is 31.1. The molecule has 0 bridgehead atoms. The van der Waals surface area contributed by atoms with E-state index in [0.29, 0.717) is 16.9 Å². The van der Waals surface area contributed by atoms with Gasteiger partial charge in [0, 0.05) is 35.8 Å². The summed E-state index contributed by atoms with van der Waals surface area (Å²) in [6.45, 7) is 2.68. The molecule has 8 atom stereocenters. The average Bonchev–Trinajstić information content (AvgIpc) is 3.93. The van der Waals surface area contributed by atoms with Gasteiger partial charge >= 0.3 is 5.97 Å². The van der Waals surface area contributed by atoms with E-state index in [0.717, 1.165) is 0 Å². The Hall–Kier alpha value is -5.64. The van der Waals surface area contributed by atoms with Gasteiger partial charge in [0.25, 0.3) is 0 Å². The molecule has 3 aromatic carbocycles. The first-order valence-electron chi connectivity index (χ1n) is 19.6. The number of rotatable bonds is 15. The van der Waals surface area contributed by atoms with Crippen LogP contribution < -0.4 is 18.9 Å². The number of nitrogens with zero attached hydrogens (tertiary/aromatic N) is 3. The van der Waals surface area contributed by atoms with Crippen molar-refractivity contribution in [3.63, 3.8) is 0 Å². The van der Waals surface area contributed by atoms with Crippen LogP contribution in [-0.2, 0) is 38.0 Å². The lowest BCUT2D eigenvalue weighted by atomic mass is 9.87. The van der Waals surface area contributed by atoms with E-state index in [-0.39, 0.29) is 35.1 Å². The molecule has 2 aliphatic heterocycles. The van der Waals surface area contributed by atoms with Crippen molar-refractivity contribution in [3.05, 3.63) is 104 Å². The van der Waals surface area contributed by atoms with Crippen LogP contribution in [0, 0.1) is 52.8 Å². The van der Waals surface area contributed by atoms with Gasteiger partial charge in [-0.15, -0.1) is 0 Å². The monoisotopic (exact) mass is 931 g/mol. The number of halogens is 6. The maximum atomic E-state index is 14.5. The van der Waals surface area contributed by atoms with Crippen LogP contribution in [0.1, 0.15) is 50.2 Å². The number of azide groups is 1. The number of carbonyl (C=O) groups is 1. The Morgan fingerprint density at radius 1 is 0.938 bits per heavy atom. The van der Waals surface area contributed by atoms with E-state index in [2.05, 4.69) is 38.4 Å². The predicted molar refractivity (Wildman–Crippen MR) is 215 cm³/mol. The zero-order valence-corrected chi connectivity index (χ0v) is 36.1. The van der Waals surface area contributed by atoms with Crippen LogP contribution in [0.25, 0.3) is 10.4 Å². The Bertz CT molecular complexity index is 2530. The lowest BCUT2D eigenvalue weighted by molar-refractivity contribution is -0.166. The molecule has 2 spiro atoms. The number of benzene rings is 3. The number of hydrogen-bond donors (Lipinski definition) is 0. The first-order valence-corrected chi connectivity index (χ1v) is 19.9. The maximum absolute atomic E-state index is 14.5. The molecular weight excluding hydrogens is 893 g/mol. The summed E-state index contributed by atoms with van der Waals surface area (Å²) in [5, 5.41) is 3.55. The molecule has 0 N–H and O–H groups in total. The van der Waals surface area contributed by atoms with Gasteiger partial charge in [0.2, 0.25) is 34.8 Å². The zero-order chi connectivity index (χ0) is 46.8. The standard InChI is InChI=1S/C44H39ClF5N3O12/c1-42(2)63-30-14-9-23-17-18-43(31(20-52-53-51)61-41(64-43)22-7-10-24(56-4)11-8-22)28(58-6)15-16-29(44(23,30)65-42)60-39-26(57-5)13-12-25(33(39)45)27(59-21-55-3)19-32(54)62-40-37(49)35(47)34(46)36(48)38(40)50/h7-13,27-31,41H,14,19-21H2,1-6H3/t27-,28-,29-,30-,31-,41-,43+,44-/m1/s1. The van der Waals surface area contributed by atoms with Gasteiger partial charge in [-0.25, -0.2) is 13.2 Å². The SMILES string of the molecule is COCO[C@H](CC(=O)Oc1c(F)c(F)c(F)c(F)c1F)c1ccc(OC)c(O[C@@H]2C#C[C@@H](OC)[C@]3(C#CC4=CC[C@H]5OC(C)(C)O[C@]425)O[C@H](c2ccc(OC)cc2)O[C@@H]3CN=[N+]=[N-])c1Cl. The second-order valence-corrected chi connectivity index (χ2v) is 15.5. The second kappa shape index (κ2) is 19.1. The molecule has 21 heteroatoms. The average molecular weight is 932 g/mol. The van der Waals surface area contributed by atoms with Crippen LogP contribution in [0.5, 0.6) is 23.0 Å². The molecule has 0 unspecified atom stereocenters.